The number of pyridine rings is 1. The molecular weight excluding hydrogens is 659 g/mol. The zero-order valence-electron chi connectivity index (χ0n) is 29.2. The largest absolute Gasteiger partial charge is 0.462 e. The molecule has 2 aliphatic rings. The van der Waals surface area contributed by atoms with Gasteiger partial charge in [0, 0.05) is 72.1 Å². The van der Waals surface area contributed by atoms with Crippen LogP contribution in [0, 0.1) is 0 Å². The lowest BCUT2D eigenvalue weighted by Crippen LogP contribution is -2.07. The van der Waals surface area contributed by atoms with Gasteiger partial charge in [0.1, 0.15) is 23.0 Å². The number of fused-ring (bicyclic) bond motifs is 1. The van der Waals surface area contributed by atoms with E-state index in [-0.39, 0.29) is 5.78 Å². The molecule has 0 saturated heterocycles. The number of nitrogens with one attached hydrogen (secondary N) is 1. The molecule has 3 N–H and O–H groups in total. The number of ketones is 1. The Morgan fingerprint density at radius 2 is 1.40 bits per heavy atom. The predicted octanol–water partition coefficient (Wildman–Crippen LogP) is 9.79. The Bertz CT molecular complexity index is 2250. The van der Waals surface area contributed by atoms with Crippen LogP contribution in [0.1, 0.15) is 59.5 Å². The van der Waals surface area contributed by atoms with Gasteiger partial charge < -0.3 is 15.2 Å². The van der Waals surface area contributed by atoms with E-state index in [0.717, 1.165) is 82.6 Å². The van der Waals surface area contributed by atoms with Crippen LogP contribution in [0.4, 0.5) is 11.4 Å². The molecule has 0 amide bonds. The first-order valence-corrected chi connectivity index (χ1v) is 17.7. The lowest BCUT2D eigenvalue weighted by atomic mass is 10.00. The second kappa shape index (κ2) is 16.9. The summed E-state index contributed by atoms with van der Waals surface area (Å²) < 4.78 is 11.9. The van der Waals surface area contributed by atoms with Gasteiger partial charge in [0.05, 0.1) is 28.5 Å². The quantitative estimate of drug-likeness (QED) is 0.115. The summed E-state index contributed by atoms with van der Waals surface area (Å²) in [4.78, 5) is 20.8. The van der Waals surface area contributed by atoms with E-state index in [2.05, 4.69) is 39.4 Å². The van der Waals surface area contributed by atoms with Crippen molar-refractivity contribution in [3.8, 4) is 11.5 Å². The molecule has 8 rings (SSSR count). The van der Waals surface area contributed by atoms with Crippen molar-refractivity contribution in [1.82, 2.24) is 15.2 Å². The number of anilines is 1. The minimum absolute atomic E-state index is 0.130. The van der Waals surface area contributed by atoms with Crippen LogP contribution in [0.3, 0.4) is 0 Å². The van der Waals surface area contributed by atoms with Crippen molar-refractivity contribution in [3.05, 3.63) is 185 Å². The van der Waals surface area contributed by atoms with Crippen LogP contribution in [0.2, 0.25) is 0 Å². The summed E-state index contributed by atoms with van der Waals surface area (Å²) in [6.45, 7) is 0. The van der Waals surface area contributed by atoms with Gasteiger partial charge in [0.2, 0.25) is 0 Å². The number of nitrogens with two attached hydrogens (primary N) is 1. The van der Waals surface area contributed by atoms with Gasteiger partial charge in [-0.25, -0.2) is 4.99 Å². The van der Waals surface area contributed by atoms with E-state index in [9.17, 15) is 4.79 Å². The molecule has 0 saturated carbocycles. The number of allylic oxidation sites excluding steroid dienone is 3. The summed E-state index contributed by atoms with van der Waals surface area (Å²) in [6.07, 6.45) is 13.3. The third-order valence-corrected chi connectivity index (χ3v) is 8.63. The maximum absolute atomic E-state index is 11.6. The van der Waals surface area contributed by atoms with Crippen LogP contribution in [-0.4, -0.2) is 26.7 Å². The first kappa shape index (κ1) is 34.6. The lowest BCUT2D eigenvalue weighted by Gasteiger charge is -2.15. The highest BCUT2D eigenvalue weighted by molar-refractivity contribution is 6.14. The van der Waals surface area contributed by atoms with Crippen molar-refractivity contribution in [3.63, 3.8) is 0 Å². The fraction of sp³-hybridized carbons (Fsp3) is 0.111. The number of aromatic nitrogens is 3. The van der Waals surface area contributed by atoms with Crippen LogP contribution in [0.15, 0.2) is 156 Å². The monoisotopic (exact) mass is 697 g/mol. The Balaban J connectivity index is 0.000000165. The third-order valence-electron chi connectivity index (χ3n) is 8.63. The summed E-state index contributed by atoms with van der Waals surface area (Å²) in [6, 6.07) is 41.3. The molecular formula is C45H39N5O3. The number of carbonyl (C=O) groups is 1. The van der Waals surface area contributed by atoms with Gasteiger partial charge in [0.25, 0.3) is 0 Å². The van der Waals surface area contributed by atoms with Crippen molar-refractivity contribution in [2.75, 3.05) is 5.73 Å². The number of hydrogen-bond acceptors (Lipinski definition) is 7. The highest BCUT2D eigenvalue weighted by Gasteiger charge is 2.18. The van der Waals surface area contributed by atoms with Gasteiger partial charge >= 0.3 is 0 Å². The Labute approximate surface area is 309 Å². The molecule has 0 fully saturated rings. The number of carbonyl (C=O) groups excluding carboxylic acids is 1. The molecule has 0 spiro atoms. The fourth-order valence-corrected chi connectivity index (χ4v) is 6.07. The zero-order chi connectivity index (χ0) is 36.2. The summed E-state index contributed by atoms with van der Waals surface area (Å²) in [7, 11) is 0. The number of nitrogen functional groups attached to an aromatic ring is 1. The van der Waals surface area contributed by atoms with Crippen LogP contribution in [0.5, 0.6) is 11.5 Å². The topological polar surface area (TPSA) is 115 Å². The SMILES string of the molecule is Nc1cccc(OC2=Cc3[nH]nc(/C=C/c4ccccn4)c3CC2)c1.O=C1C=C(Oc2cccc(N=C(c3ccccc3)c3ccccc3)c2)CCC1. The van der Waals surface area contributed by atoms with Gasteiger partial charge in [-0.3, -0.25) is 14.9 Å². The minimum atomic E-state index is 0.130. The van der Waals surface area contributed by atoms with Crippen molar-refractivity contribution < 1.29 is 14.3 Å². The molecule has 262 valence electrons. The maximum atomic E-state index is 11.6. The highest BCUT2D eigenvalue weighted by atomic mass is 16.5. The van der Waals surface area contributed by atoms with Crippen molar-refractivity contribution in [2.24, 2.45) is 4.99 Å². The van der Waals surface area contributed by atoms with Gasteiger partial charge in [-0.15, -0.1) is 0 Å². The Morgan fingerprint density at radius 1 is 0.698 bits per heavy atom. The first-order valence-electron chi connectivity index (χ1n) is 17.7. The molecule has 2 aliphatic carbocycles. The number of aliphatic imine (C=N–C) groups is 1. The number of benzene rings is 4. The Kier molecular flexibility index (Phi) is 11.1. The van der Waals surface area contributed by atoms with E-state index in [1.165, 1.54) is 5.56 Å². The van der Waals surface area contributed by atoms with Crippen LogP contribution in [-0.2, 0) is 11.2 Å². The van der Waals surface area contributed by atoms with Gasteiger partial charge in [-0.05, 0) is 61.4 Å². The smallest absolute Gasteiger partial charge is 0.159 e. The number of hydrogen-bond donors (Lipinski definition) is 2. The molecule has 0 aliphatic heterocycles. The third kappa shape index (κ3) is 9.51. The van der Waals surface area contributed by atoms with E-state index in [4.69, 9.17) is 20.2 Å². The van der Waals surface area contributed by atoms with E-state index in [0.29, 0.717) is 17.9 Å². The van der Waals surface area contributed by atoms with Gasteiger partial charge in [-0.1, -0.05) is 78.9 Å². The molecule has 2 aromatic heterocycles. The average Bonchev–Trinajstić information content (AvgIpc) is 3.60. The number of H-pyrrole nitrogens is 1. The normalized spacial score (nSPS) is 13.5. The molecule has 2 heterocycles. The van der Waals surface area contributed by atoms with Gasteiger partial charge in [0.15, 0.2) is 5.78 Å². The van der Waals surface area contributed by atoms with E-state index >= 15 is 0 Å². The molecule has 0 atom stereocenters. The van der Waals surface area contributed by atoms with Crippen molar-refractivity contribution in [2.45, 2.75) is 32.1 Å². The first-order chi connectivity index (χ1) is 26.1. The second-order valence-corrected chi connectivity index (χ2v) is 12.6. The van der Waals surface area contributed by atoms with Crippen LogP contribution in [0.25, 0.3) is 18.2 Å². The molecule has 0 unspecified atom stereocenters. The van der Waals surface area contributed by atoms with Crippen LogP contribution < -0.4 is 15.2 Å². The van der Waals surface area contributed by atoms with E-state index < -0.39 is 0 Å². The molecule has 0 radical (unpaired) electrons. The molecule has 6 aromatic rings. The Hall–Kier alpha value is -6.80. The minimum Gasteiger partial charge on any atom is -0.462 e. The second-order valence-electron chi connectivity index (χ2n) is 12.6. The molecule has 8 nitrogen and oxygen atoms in total. The lowest BCUT2D eigenvalue weighted by molar-refractivity contribution is -0.115. The Morgan fingerprint density at radius 3 is 2.09 bits per heavy atom. The van der Waals surface area contributed by atoms with E-state index in [1.807, 2.05) is 121 Å². The fourth-order valence-electron chi connectivity index (χ4n) is 6.07. The standard InChI is InChI=1S/C25H21NO2.C20H18N4O/c27-22-14-8-16-24(18-22)28-23-15-7-13-21(17-23)26-25(19-9-3-1-4-10-19)20-11-5-2-6-12-20;21-14-4-3-6-16(12-14)25-17-8-9-18-19(23-24-20(18)13-17)10-7-15-5-1-2-11-22-15/h1-7,9-13,15,17-18H,8,14,16H2;1-7,10-13H,8-9,21H2,(H,23,24)/b;10-7+. The van der Waals surface area contributed by atoms with Gasteiger partial charge in [-0.2, -0.15) is 5.10 Å². The number of nitrogens with zero attached hydrogens (tertiary/aromatic N) is 3. The van der Waals surface area contributed by atoms with Crippen molar-refractivity contribution >= 4 is 41.1 Å². The highest BCUT2D eigenvalue weighted by Crippen LogP contribution is 2.29. The average molecular weight is 698 g/mol. The number of rotatable bonds is 9. The predicted molar refractivity (Wildman–Crippen MR) is 212 cm³/mol. The summed E-state index contributed by atoms with van der Waals surface area (Å²) >= 11 is 0. The van der Waals surface area contributed by atoms with E-state index in [1.54, 1.807) is 12.3 Å². The summed E-state index contributed by atoms with van der Waals surface area (Å²) in [5, 5.41) is 7.50. The van der Waals surface area contributed by atoms with Crippen molar-refractivity contribution in [1.29, 1.82) is 0 Å². The molecule has 8 heteroatoms. The molecule has 0 bridgehead atoms. The maximum Gasteiger partial charge on any atom is 0.159 e. The number of aromatic amines is 1. The summed E-state index contributed by atoms with van der Waals surface area (Å²) in [5.41, 5.74) is 14.4. The summed E-state index contributed by atoms with van der Waals surface area (Å²) in [5.74, 6) is 3.21. The molecule has 53 heavy (non-hydrogen) atoms. The zero-order valence-corrected chi connectivity index (χ0v) is 29.2. The molecule has 4 aromatic carbocycles. The van der Waals surface area contributed by atoms with Crippen LogP contribution >= 0.6 is 0 Å². The number of ether oxygens (including phenoxy) is 2.